The van der Waals surface area contributed by atoms with Crippen LogP contribution in [0.5, 0.6) is 5.88 Å². The summed E-state index contributed by atoms with van der Waals surface area (Å²) in [5, 5.41) is 9.72. The molecule has 1 atom stereocenters. The molecular weight excluding hydrogens is 451 g/mol. The molecule has 2 aromatic heterocycles. The predicted octanol–water partition coefficient (Wildman–Crippen LogP) is 2.45. The number of hydrogen-bond acceptors (Lipinski definition) is 6. The minimum absolute atomic E-state index is 0. The number of pyridine rings is 1. The van der Waals surface area contributed by atoms with E-state index in [4.69, 9.17) is 0 Å². The van der Waals surface area contributed by atoms with Gasteiger partial charge in [0.25, 0.3) is 0 Å². The molecule has 1 aliphatic rings. The molecule has 0 saturated heterocycles. The average Bonchev–Trinajstić information content (AvgIpc) is 3.50. The van der Waals surface area contributed by atoms with E-state index in [-0.39, 0.29) is 63.3 Å². The molecule has 4 rings (SSSR count). The van der Waals surface area contributed by atoms with Gasteiger partial charge in [-0.25, -0.2) is 11.1 Å². The van der Waals surface area contributed by atoms with Crippen LogP contribution in [0.15, 0.2) is 72.7 Å². The van der Waals surface area contributed by atoms with Crippen LogP contribution >= 0.6 is 0 Å². The maximum absolute atomic E-state index is 12.4. The Bertz CT molecular complexity index is 1080. The Morgan fingerprint density at radius 2 is 2.06 bits per heavy atom. The van der Waals surface area contributed by atoms with Gasteiger partial charge in [0.1, 0.15) is 0 Å². The van der Waals surface area contributed by atoms with Gasteiger partial charge >= 0.3 is 58.0 Å². The third kappa shape index (κ3) is 7.68. The Balaban J connectivity index is 0.00000306. The third-order valence-electron chi connectivity index (χ3n) is 4.89. The molecule has 1 saturated carbocycles. The number of rotatable bonds is 10. The topological polar surface area (TPSA) is 71.1 Å². The quantitative estimate of drug-likeness (QED) is 0.238. The van der Waals surface area contributed by atoms with Crippen molar-refractivity contribution >= 4 is 17.2 Å². The van der Waals surface area contributed by atoms with E-state index in [0.717, 1.165) is 41.2 Å². The number of nitrogens with one attached hydrogen (secondary N) is 3. The number of nitrogens with zero attached hydrogens (tertiary/aromatic N) is 2. The van der Waals surface area contributed by atoms with Crippen molar-refractivity contribution in [2.24, 2.45) is 0 Å². The molecule has 0 aliphatic heterocycles. The summed E-state index contributed by atoms with van der Waals surface area (Å²) in [6.45, 7) is -0.840. The molecule has 0 bridgehead atoms. The SMILES string of the molecule is CC(N[C-]=CNc1[cH-]ccn1)c1cccc(NC(=C2CC2)c2ccc(OC(F)F)nc2)c1.[K+]. The van der Waals surface area contributed by atoms with Crippen molar-refractivity contribution in [2.75, 3.05) is 10.6 Å². The van der Waals surface area contributed by atoms with Gasteiger partial charge in [0.15, 0.2) is 0 Å². The molecule has 3 N–H and O–H groups in total. The Hall–Kier alpha value is -2.17. The van der Waals surface area contributed by atoms with Gasteiger partial charge in [0.2, 0.25) is 5.88 Å². The number of aromatic nitrogens is 2. The molecule has 2 heterocycles. The average molecular weight is 475 g/mol. The van der Waals surface area contributed by atoms with E-state index in [1.165, 1.54) is 11.6 Å². The second kappa shape index (κ2) is 12.3. The molecule has 0 radical (unpaired) electrons. The van der Waals surface area contributed by atoms with Crippen molar-refractivity contribution in [1.29, 1.82) is 0 Å². The summed E-state index contributed by atoms with van der Waals surface area (Å²) in [6, 6.07) is 15.0. The summed E-state index contributed by atoms with van der Waals surface area (Å²) in [5.74, 6) is 0.667. The third-order valence-corrected chi connectivity index (χ3v) is 4.89. The maximum atomic E-state index is 12.4. The van der Waals surface area contributed by atoms with Crippen molar-refractivity contribution in [2.45, 2.75) is 32.4 Å². The molecule has 33 heavy (non-hydrogen) atoms. The zero-order valence-electron chi connectivity index (χ0n) is 18.5. The normalized spacial score (nSPS) is 13.4. The van der Waals surface area contributed by atoms with Gasteiger partial charge in [0, 0.05) is 41.1 Å². The molecule has 1 fully saturated rings. The van der Waals surface area contributed by atoms with Crippen LogP contribution in [0.25, 0.3) is 5.70 Å². The van der Waals surface area contributed by atoms with Crippen LogP contribution in [0.2, 0.25) is 0 Å². The van der Waals surface area contributed by atoms with E-state index in [2.05, 4.69) is 42.9 Å². The van der Waals surface area contributed by atoms with Crippen LogP contribution in [-0.2, 0) is 0 Å². The summed E-state index contributed by atoms with van der Waals surface area (Å²) in [7, 11) is 0. The van der Waals surface area contributed by atoms with Gasteiger partial charge in [-0.1, -0.05) is 12.1 Å². The van der Waals surface area contributed by atoms with E-state index in [0.29, 0.717) is 0 Å². The molecule has 0 spiro atoms. The van der Waals surface area contributed by atoms with E-state index < -0.39 is 6.61 Å². The summed E-state index contributed by atoms with van der Waals surface area (Å²) < 4.78 is 29.1. The molecular formula is C24H23F2KN5O-. The Kier molecular flexibility index (Phi) is 9.51. The molecule has 1 aliphatic carbocycles. The Morgan fingerprint density at radius 1 is 1.21 bits per heavy atom. The number of halogens is 2. The second-order valence-electron chi connectivity index (χ2n) is 7.31. The van der Waals surface area contributed by atoms with Gasteiger partial charge in [-0.3, -0.25) is 0 Å². The summed E-state index contributed by atoms with van der Waals surface area (Å²) in [6.07, 6.45) is 9.98. The summed E-state index contributed by atoms with van der Waals surface area (Å²) in [4.78, 5) is 8.11. The van der Waals surface area contributed by atoms with Crippen molar-refractivity contribution < 1.29 is 64.9 Å². The van der Waals surface area contributed by atoms with Crippen LogP contribution in [0.3, 0.4) is 0 Å². The minimum atomic E-state index is -2.89. The number of hydrogen-bond donors (Lipinski definition) is 3. The maximum Gasteiger partial charge on any atom is 1.00 e. The standard InChI is InChI=1S/C24H23F2N5O.K/c1-16(27-12-13-29-21-6-3-11-28-21)18-4-2-5-20(14-18)31-23(17-7-8-17)19-9-10-22(30-15-19)32-24(25)26;/h2-6,9-11,13-16,24,27,31H,7-8H2,1H3,(H,28,29);/q-2;+1. The Morgan fingerprint density at radius 3 is 2.73 bits per heavy atom. The van der Waals surface area contributed by atoms with Crippen molar-refractivity contribution in [3.05, 3.63) is 90.0 Å². The molecule has 9 heteroatoms. The Labute approximate surface area is 234 Å². The van der Waals surface area contributed by atoms with Crippen LogP contribution in [0.4, 0.5) is 20.3 Å². The number of ether oxygens (including phenoxy) is 1. The first-order valence-electron chi connectivity index (χ1n) is 10.3. The molecule has 3 aromatic rings. The fourth-order valence-corrected chi connectivity index (χ4v) is 3.14. The first kappa shape index (κ1) is 25.4. The smallest absolute Gasteiger partial charge is 0.560 e. The minimum Gasteiger partial charge on any atom is -0.560 e. The van der Waals surface area contributed by atoms with Gasteiger partial charge < -0.3 is 31.9 Å². The zero-order valence-corrected chi connectivity index (χ0v) is 21.6. The van der Waals surface area contributed by atoms with E-state index in [9.17, 15) is 8.78 Å². The van der Waals surface area contributed by atoms with Crippen molar-refractivity contribution in [1.82, 2.24) is 15.3 Å². The van der Waals surface area contributed by atoms with Crippen LogP contribution in [0.1, 0.15) is 36.9 Å². The monoisotopic (exact) mass is 474 g/mol. The largest absolute Gasteiger partial charge is 1.00 e. The van der Waals surface area contributed by atoms with E-state index in [1.54, 1.807) is 24.7 Å². The van der Waals surface area contributed by atoms with Gasteiger partial charge in [-0.2, -0.15) is 21.0 Å². The second-order valence-corrected chi connectivity index (χ2v) is 7.31. The number of alkyl halides is 2. The fourth-order valence-electron chi connectivity index (χ4n) is 3.14. The number of allylic oxidation sites excluding steroid dienone is 1. The summed E-state index contributed by atoms with van der Waals surface area (Å²) in [5.41, 5.74) is 5.08. The zero-order chi connectivity index (χ0) is 22.3. The van der Waals surface area contributed by atoms with Crippen LogP contribution in [-0.4, -0.2) is 16.6 Å². The van der Waals surface area contributed by atoms with Crippen LogP contribution in [0, 0.1) is 6.20 Å². The molecule has 1 aromatic carbocycles. The predicted molar refractivity (Wildman–Crippen MR) is 120 cm³/mol. The fraction of sp³-hybridized carbons (Fsp3) is 0.208. The summed E-state index contributed by atoms with van der Waals surface area (Å²) >= 11 is 0. The molecule has 166 valence electrons. The van der Waals surface area contributed by atoms with Crippen LogP contribution < -0.4 is 72.1 Å². The van der Waals surface area contributed by atoms with Crippen molar-refractivity contribution in [3.63, 3.8) is 0 Å². The molecule has 0 amide bonds. The number of anilines is 2. The first-order valence-corrected chi connectivity index (χ1v) is 10.3. The van der Waals surface area contributed by atoms with E-state index >= 15 is 0 Å². The van der Waals surface area contributed by atoms with Gasteiger partial charge in [-0.15, -0.1) is 6.20 Å². The van der Waals surface area contributed by atoms with Gasteiger partial charge in [0.05, 0.1) is 0 Å². The van der Waals surface area contributed by atoms with Crippen molar-refractivity contribution in [3.8, 4) is 5.88 Å². The molecule has 1 unspecified atom stereocenters. The van der Waals surface area contributed by atoms with Gasteiger partial charge in [-0.05, 0) is 49.1 Å². The molecule has 6 nitrogen and oxygen atoms in total. The first-order chi connectivity index (χ1) is 15.6. The number of benzene rings is 1. The van der Waals surface area contributed by atoms with E-state index in [1.807, 2.05) is 37.3 Å².